The van der Waals surface area contributed by atoms with Gasteiger partial charge in [0.1, 0.15) is 34.9 Å². The Kier molecular flexibility index (Phi) is 16.2. The summed E-state index contributed by atoms with van der Waals surface area (Å²) < 4.78 is 110. The summed E-state index contributed by atoms with van der Waals surface area (Å²) in [6.45, 7) is 3.46. The predicted octanol–water partition coefficient (Wildman–Crippen LogP) is 11.2. The fraction of sp³-hybridized carbons (Fsp3) is 0.186. The zero-order valence-electron chi connectivity index (χ0n) is 43.3. The summed E-state index contributed by atoms with van der Waals surface area (Å²) in [6.07, 6.45) is -2.94. The van der Waals surface area contributed by atoms with Gasteiger partial charge in [0, 0.05) is 31.8 Å². The molecule has 0 bridgehead atoms. The van der Waals surface area contributed by atoms with E-state index in [1.807, 2.05) is 0 Å². The standard InChI is InChI=1S/C30H25F4N5O2.C29H23F4N5O2/c1-19(28-36-25-6-4-3-5-24(25)29(41)39(28)23-13-11-22(31)12-14-23)38(18-26-35-15-16-37(26)2)27(40)17-20-7-9-21(10-8-20)30(32,33)34;1-18(27-36-24-5-3-2-4-23(24)28(40)38(27)22-12-10-21(30)11-13-22)37(17-25-34-14-15-35-25)26(39)16-19-6-8-20(9-7-19)29(31,32)33/h3-16,19H,17-18H2,1-2H3;2-15,18H,16-17H2,1H3,(H,34,35)/t19-;18-/m11/s1. The summed E-state index contributed by atoms with van der Waals surface area (Å²) in [5.41, 5.74) is -0.0689. The molecule has 81 heavy (non-hydrogen) atoms. The molecule has 10 rings (SSSR count). The van der Waals surface area contributed by atoms with Crippen molar-refractivity contribution >= 4 is 33.6 Å². The van der Waals surface area contributed by atoms with E-state index in [1.54, 1.807) is 92.6 Å². The summed E-state index contributed by atoms with van der Waals surface area (Å²) in [4.78, 5) is 78.8. The number of carbonyl (C=O) groups excluding carboxylic acids is 2. The van der Waals surface area contributed by atoms with Crippen LogP contribution in [0.5, 0.6) is 0 Å². The lowest BCUT2D eigenvalue weighted by Crippen LogP contribution is -2.38. The quantitative estimate of drug-likeness (QED) is 0.105. The van der Waals surface area contributed by atoms with Crippen LogP contribution in [0.4, 0.5) is 35.1 Å². The van der Waals surface area contributed by atoms with E-state index in [9.17, 15) is 54.3 Å². The third-order valence-electron chi connectivity index (χ3n) is 13.5. The number of H-pyrrole nitrogens is 1. The number of aromatic nitrogens is 8. The molecule has 0 radical (unpaired) electrons. The van der Waals surface area contributed by atoms with Crippen LogP contribution < -0.4 is 11.1 Å². The van der Waals surface area contributed by atoms with Crippen LogP contribution in [0.25, 0.3) is 33.2 Å². The number of aromatic amines is 1. The molecule has 4 aromatic heterocycles. The van der Waals surface area contributed by atoms with Crippen molar-refractivity contribution < 1.29 is 44.7 Å². The van der Waals surface area contributed by atoms with Crippen molar-refractivity contribution in [2.24, 2.45) is 7.05 Å². The van der Waals surface area contributed by atoms with Gasteiger partial charge in [0.15, 0.2) is 0 Å². The molecule has 414 valence electrons. The first-order chi connectivity index (χ1) is 38.6. The average molecular weight is 1110 g/mol. The van der Waals surface area contributed by atoms with Gasteiger partial charge in [-0.2, -0.15) is 26.3 Å². The molecule has 0 aliphatic rings. The number of alkyl halides is 6. The fourth-order valence-corrected chi connectivity index (χ4v) is 9.12. The Hall–Kier alpha value is -9.60. The number of hydrogen-bond acceptors (Lipinski definition) is 8. The first kappa shape index (κ1) is 56.1. The molecule has 14 nitrogen and oxygen atoms in total. The lowest BCUT2D eigenvalue weighted by atomic mass is 10.1. The molecule has 2 amide bonds. The Balaban J connectivity index is 0.000000196. The van der Waals surface area contributed by atoms with Crippen LogP contribution >= 0.6 is 0 Å². The number of nitrogens with zero attached hydrogens (tertiary/aromatic N) is 9. The number of fused-ring (bicyclic) bond motifs is 2. The highest BCUT2D eigenvalue weighted by molar-refractivity contribution is 5.81. The molecule has 22 heteroatoms. The number of nitrogens with one attached hydrogen (secondary N) is 1. The third-order valence-corrected chi connectivity index (χ3v) is 13.5. The Morgan fingerprint density at radius 3 is 1.36 bits per heavy atom. The molecule has 0 aliphatic carbocycles. The van der Waals surface area contributed by atoms with Gasteiger partial charge in [-0.1, -0.05) is 48.5 Å². The Morgan fingerprint density at radius 1 is 0.556 bits per heavy atom. The number of benzene rings is 6. The molecular formula is C59H48F8N10O4. The fourth-order valence-electron chi connectivity index (χ4n) is 9.12. The SMILES string of the molecule is C[C@H](c1nc2ccccc2c(=O)n1-c1ccc(F)cc1)N(Cc1ncc[nH]1)C(=O)Cc1ccc(C(F)(F)F)cc1.C[C@H](c1nc2ccccc2c(=O)n1-c1ccc(F)cc1)N(Cc1nccn1C)C(=O)Cc1ccc(C(F)(F)F)cc1. The van der Waals surface area contributed by atoms with Crippen LogP contribution in [0, 0.1) is 11.6 Å². The molecule has 6 aromatic carbocycles. The smallest absolute Gasteiger partial charge is 0.347 e. The highest BCUT2D eigenvalue weighted by Gasteiger charge is 2.33. The van der Waals surface area contributed by atoms with Crippen molar-refractivity contribution in [3.63, 3.8) is 0 Å². The maximum atomic E-state index is 13.8. The van der Waals surface area contributed by atoms with Gasteiger partial charge in [-0.15, -0.1) is 0 Å². The molecule has 2 atom stereocenters. The normalized spacial score (nSPS) is 12.4. The highest BCUT2D eigenvalue weighted by Crippen LogP contribution is 2.32. The molecule has 0 aliphatic heterocycles. The van der Waals surface area contributed by atoms with Crippen LogP contribution in [0.2, 0.25) is 0 Å². The number of amides is 2. The van der Waals surface area contributed by atoms with E-state index in [2.05, 4.69) is 15.0 Å². The molecule has 4 heterocycles. The van der Waals surface area contributed by atoms with Crippen LogP contribution in [-0.4, -0.2) is 60.2 Å². The summed E-state index contributed by atoms with van der Waals surface area (Å²) in [5, 5.41) is 0.691. The number of halogens is 8. The predicted molar refractivity (Wildman–Crippen MR) is 285 cm³/mol. The van der Waals surface area contributed by atoms with E-state index in [0.717, 1.165) is 24.3 Å². The second-order valence-electron chi connectivity index (χ2n) is 18.8. The minimum absolute atomic E-state index is 0.0136. The van der Waals surface area contributed by atoms with E-state index in [0.29, 0.717) is 56.0 Å². The summed E-state index contributed by atoms with van der Waals surface area (Å²) in [7, 11) is 1.77. The van der Waals surface area contributed by atoms with Gasteiger partial charge in [0.2, 0.25) is 11.8 Å². The molecule has 0 spiro atoms. The largest absolute Gasteiger partial charge is 0.416 e. The maximum Gasteiger partial charge on any atom is 0.416 e. The number of imidazole rings is 2. The van der Waals surface area contributed by atoms with Gasteiger partial charge in [-0.25, -0.2) is 28.7 Å². The van der Waals surface area contributed by atoms with Gasteiger partial charge >= 0.3 is 12.4 Å². The Morgan fingerprint density at radius 2 is 0.975 bits per heavy atom. The highest BCUT2D eigenvalue weighted by atomic mass is 19.4. The summed E-state index contributed by atoms with van der Waals surface area (Å²) in [5.74, 6) is -0.319. The van der Waals surface area contributed by atoms with E-state index in [4.69, 9.17) is 9.97 Å². The van der Waals surface area contributed by atoms with Crippen molar-refractivity contribution in [3.8, 4) is 11.4 Å². The average Bonchev–Trinajstić information content (AvgIpc) is 4.15. The van der Waals surface area contributed by atoms with Crippen LogP contribution in [0.15, 0.2) is 180 Å². The number of rotatable bonds is 14. The second-order valence-corrected chi connectivity index (χ2v) is 18.8. The van der Waals surface area contributed by atoms with Crippen molar-refractivity contribution in [2.75, 3.05) is 0 Å². The topological polar surface area (TPSA) is 157 Å². The van der Waals surface area contributed by atoms with Crippen molar-refractivity contribution in [2.45, 2.75) is 64.2 Å². The lowest BCUT2D eigenvalue weighted by molar-refractivity contribution is -0.138. The van der Waals surface area contributed by atoms with Gasteiger partial charge in [-0.05, 0) is 122 Å². The Bertz CT molecular complexity index is 3980. The van der Waals surface area contributed by atoms with Crippen molar-refractivity contribution in [1.29, 1.82) is 0 Å². The van der Waals surface area contributed by atoms with Gasteiger partial charge in [0.25, 0.3) is 11.1 Å². The van der Waals surface area contributed by atoms with Crippen LogP contribution in [0.3, 0.4) is 0 Å². The van der Waals surface area contributed by atoms with Gasteiger partial charge < -0.3 is 19.4 Å². The van der Waals surface area contributed by atoms with E-state index < -0.39 is 70.1 Å². The minimum Gasteiger partial charge on any atom is -0.347 e. The number of carbonyl (C=O) groups is 2. The van der Waals surface area contributed by atoms with Crippen LogP contribution in [0.1, 0.15) is 71.5 Å². The van der Waals surface area contributed by atoms with E-state index >= 15 is 0 Å². The van der Waals surface area contributed by atoms with Crippen molar-refractivity contribution in [3.05, 3.63) is 248 Å². The van der Waals surface area contributed by atoms with Gasteiger partial charge in [0.05, 0.1) is 82.3 Å². The lowest BCUT2D eigenvalue weighted by Gasteiger charge is -2.30. The maximum absolute atomic E-state index is 13.8. The molecule has 0 saturated heterocycles. The summed E-state index contributed by atoms with van der Waals surface area (Å²) >= 11 is 0. The third kappa shape index (κ3) is 12.6. The first-order valence-electron chi connectivity index (χ1n) is 25.1. The molecule has 10 aromatic rings. The number of para-hydroxylation sites is 2. The number of hydrogen-bond donors (Lipinski definition) is 1. The first-order valence-corrected chi connectivity index (χ1v) is 25.1. The molecular weight excluding hydrogens is 1060 g/mol. The van der Waals surface area contributed by atoms with Crippen molar-refractivity contribution in [1.82, 2.24) is 48.4 Å². The minimum atomic E-state index is -4.49. The van der Waals surface area contributed by atoms with Gasteiger partial charge in [-0.3, -0.25) is 28.3 Å². The molecule has 0 unspecified atom stereocenters. The van der Waals surface area contributed by atoms with E-state index in [-0.39, 0.29) is 37.6 Å². The molecule has 0 fully saturated rings. The molecule has 1 N–H and O–H groups in total. The van der Waals surface area contributed by atoms with E-state index in [1.165, 1.54) is 97.9 Å². The zero-order valence-corrected chi connectivity index (χ0v) is 43.3. The molecule has 0 saturated carbocycles. The monoisotopic (exact) mass is 1110 g/mol. The zero-order chi connectivity index (χ0) is 57.8. The summed E-state index contributed by atoms with van der Waals surface area (Å²) in [6, 6.07) is 31.5. The number of aryl methyl sites for hydroxylation is 1. The van der Waals surface area contributed by atoms with Crippen LogP contribution in [-0.2, 0) is 54.9 Å². The Labute approximate surface area is 456 Å². The second kappa shape index (κ2) is 23.4.